The summed E-state index contributed by atoms with van der Waals surface area (Å²) in [6, 6.07) is 0. The minimum atomic E-state index is -0.928. The highest BCUT2D eigenvalue weighted by atomic mass is 16.2. The van der Waals surface area contributed by atoms with Crippen molar-refractivity contribution in [2.24, 2.45) is 5.73 Å². The van der Waals surface area contributed by atoms with Gasteiger partial charge in [-0.15, -0.1) is 0 Å². The number of hydrogen-bond donors (Lipinski definition) is 2. The average molecular weight is 227 g/mol. The second-order valence-corrected chi connectivity index (χ2v) is 4.85. The van der Waals surface area contributed by atoms with Gasteiger partial charge in [0.25, 0.3) is 0 Å². The number of piperidine rings is 1. The summed E-state index contributed by atoms with van der Waals surface area (Å²) in [5.41, 5.74) is 4.68. The Morgan fingerprint density at radius 2 is 1.81 bits per heavy atom. The standard InChI is InChI=1S/C11H21N3O2/c1-11(2,12)10(16)13-8-9(15)14-6-4-3-5-7-14/h3-8,12H2,1-2H3,(H,13,16). The molecule has 0 radical (unpaired) electrons. The lowest BCUT2D eigenvalue weighted by molar-refractivity contribution is -0.134. The predicted molar refractivity (Wildman–Crippen MR) is 61.7 cm³/mol. The number of nitrogens with one attached hydrogen (secondary N) is 1. The highest BCUT2D eigenvalue weighted by Gasteiger charge is 2.23. The van der Waals surface area contributed by atoms with Crippen molar-refractivity contribution in [2.75, 3.05) is 19.6 Å². The summed E-state index contributed by atoms with van der Waals surface area (Å²) in [5, 5.41) is 2.56. The van der Waals surface area contributed by atoms with Crippen LogP contribution in [0, 0.1) is 0 Å². The summed E-state index contributed by atoms with van der Waals surface area (Å²) in [5.74, 6) is -0.310. The van der Waals surface area contributed by atoms with Gasteiger partial charge in [-0.05, 0) is 33.1 Å². The quantitative estimate of drug-likeness (QED) is 0.704. The second-order valence-electron chi connectivity index (χ2n) is 4.85. The minimum Gasteiger partial charge on any atom is -0.345 e. The Balaban J connectivity index is 2.32. The fraction of sp³-hybridized carbons (Fsp3) is 0.818. The molecule has 1 rings (SSSR count). The molecule has 0 atom stereocenters. The summed E-state index contributed by atoms with van der Waals surface area (Å²) in [4.78, 5) is 24.9. The Hall–Kier alpha value is -1.10. The van der Waals surface area contributed by atoms with Crippen LogP contribution in [-0.4, -0.2) is 41.9 Å². The van der Waals surface area contributed by atoms with E-state index in [1.165, 1.54) is 6.42 Å². The molecule has 0 spiro atoms. The highest BCUT2D eigenvalue weighted by Crippen LogP contribution is 2.08. The maximum atomic E-state index is 11.7. The number of carbonyl (C=O) groups is 2. The molecule has 0 aromatic heterocycles. The molecule has 1 fully saturated rings. The van der Waals surface area contributed by atoms with Crippen LogP contribution in [-0.2, 0) is 9.59 Å². The first kappa shape index (κ1) is 13.0. The van der Waals surface area contributed by atoms with Crippen molar-refractivity contribution in [3.63, 3.8) is 0 Å². The topological polar surface area (TPSA) is 75.4 Å². The van der Waals surface area contributed by atoms with Crippen molar-refractivity contribution in [1.82, 2.24) is 10.2 Å². The Labute approximate surface area is 96.4 Å². The SMILES string of the molecule is CC(C)(N)C(=O)NCC(=O)N1CCCCC1. The summed E-state index contributed by atoms with van der Waals surface area (Å²) in [7, 11) is 0. The van der Waals surface area contributed by atoms with E-state index < -0.39 is 5.54 Å². The summed E-state index contributed by atoms with van der Waals surface area (Å²) in [6.07, 6.45) is 3.30. The van der Waals surface area contributed by atoms with E-state index in [1.54, 1.807) is 18.7 Å². The Morgan fingerprint density at radius 3 is 2.31 bits per heavy atom. The molecule has 1 heterocycles. The number of likely N-dealkylation sites (tertiary alicyclic amines) is 1. The molecule has 1 aliphatic heterocycles. The van der Waals surface area contributed by atoms with E-state index in [2.05, 4.69) is 5.32 Å². The van der Waals surface area contributed by atoms with Gasteiger partial charge >= 0.3 is 0 Å². The van der Waals surface area contributed by atoms with E-state index in [1.807, 2.05) is 0 Å². The molecule has 1 aliphatic rings. The van der Waals surface area contributed by atoms with Crippen LogP contribution in [0.2, 0.25) is 0 Å². The molecule has 3 N–H and O–H groups in total. The van der Waals surface area contributed by atoms with Crippen molar-refractivity contribution >= 4 is 11.8 Å². The van der Waals surface area contributed by atoms with E-state index in [9.17, 15) is 9.59 Å². The van der Waals surface area contributed by atoms with Crippen molar-refractivity contribution in [1.29, 1.82) is 0 Å². The van der Waals surface area contributed by atoms with Crippen LogP contribution in [0.15, 0.2) is 0 Å². The van der Waals surface area contributed by atoms with E-state index >= 15 is 0 Å². The molecule has 1 saturated heterocycles. The minimum absolute atomic E-state index is 0.0164. The third kappa shape index (κ3) is 3.81. The maximum Gasteiger partial charge on any atom is 0.241 e. The molecule has 0 aromatic rings. The van der Waals surface area contributed by atoms with Gasteiger partial charge in [-0.25, -0.2) is 0 Å². The van der Waals surface area contributed by atoms with Crippen molar-refractivity contribution < 1.29 is 9.59 Å². The second kappa shape index (κ2) is 5.30. The number of hydrogen-bond acceptors (Lipinski definition) is 3. The van der Waals surface area contributed by atoms with Gasteiger partial charge in [0.1, 0.15) is 0 Å². The zero-order valence-corrected chi connectivity index (χ0v) is 10.1. The summed E-state index contributed by atoms with van der Waals surface area (Å²) in [6.45, 7) is 4.91. The first-order valence-corrected chi connectivity index (χ1v) is 5.76. The van der Waals surface area contributed by atoms with E-state index in [-0.39, 0.29) is 18.4 Å². The van der Waals surface area contributed by atoms with Crippen LogP contribution in [0.1, 0.15) is 33.1 Å². The van der Waals surface area contributed by atoms with Crippen molar-refractivity contribution in [3.05, 3.63) is 0 Å². The van der Waals surface area contributed by atoms with Crippen LogP contribution in [0.25, 0.3) is 0 Å². The molecular formula is C11H21N3O2. The first-order valence-electron chi connectivity index (χ1n) is 5.76. The zero-order chi connectivity index (χ0) is 12.2. The van der Waals surface area contributed by atoms with Crippen LogP contribution in [0.5, 0.6) is 0 Å². The smallest absolute Gasteiger partial charge is 0.241 e. The van der Waals surface area contributed by atoms with Crippen LogP contribution in [0.4, 0.5) is 0 Å². The summed E-state index contributed by atoms with van der Waals surface area (Å²) >= 11 is 0. The highest BCUT2D eigenvalue weighted by molar-refractivity contribution is 5.89. The Morgan fingerprint density at radius 1 is 1.25 bits per heavy atom. The fourth-order valence-electron chi connectivity index (χ4n) is 1.64. The molecule has 0 aliphatic carbocycles. The molecule has 5 nitrogen and oxygen atoms in total. The van der Waals surface area contributed by atoms with Crippen molar-refractivity contribution in [3.8, 4) is 0 Å². The molecule has 2 amide bonds. The third-order valence-electron chi connectivity index (χ3n) is 2.69. The fourth-order valence-corrected chi connectivity index (χ4v) is 1.64. The first-order chi connectivity index (χ1) is 7.41. The lowest BCUT2D eigenvalue weighted by atomic mass is 10.1. The summed E-state index contributed by atoms with van der Waals surface area (Å²) < 4.78 is 0. The van der Waals surface area contributed by atoms with Crippen LogP contribution in [0.3, 0.4) is 0 Å². The van der Waals surface area contributed by atoms with Gasteiger partial charge in [-0.3, -0.25) is 9.59 Å². The van der Waals surface area contributed by atoms with E-state index in [0.29, 0.717) is 0 Å². The van der Waals surface area contributed by atoms with Gasteiger partial charge < -0.3 is 16.0 Å². The number of nitrogens with zero attached hydrogens (tertiary/aromatic N) is 1. The molecule has 0 aromatic carbocycles. The Bertz CT molecular complexity index is 265. The van der Waals surface area contributed by atoms with Gasteiger partial charge in [0.15, 0.2) is 0 Å². The molecule has 0 saturated carbocycles. The number of nitrogens with two attached hydrogens (primary N) is 1. The average Bonchev–Trinajstić information content (AvgIpc) is 2.25. The normalized spacial score (nSPS) is 17.1. The molecule has 16 heavy (non-hydrogen) atoms. The van der Waals surface area contributed by atoms with Gasteiger partial charge in [0.2, 0.25) is 11.8 Å². The number of amides is 2. The lowest BCUT2D eigenvalue weighted by Crippen LogP contribution is -2.52. The molecule has 5 heteroatoms. The monoisotopic (exact) mass is 227 g/mol. The van der Waals surface area contributed by atoms with Gasteiger partial charge in [-0.1, -0.05) is 0 Å². The zero-order valence-electron chi connectivity index (χ0n) is 10.1. The van der Waals surface area contributed by atoms with Crippen LogP contribution < -0.4 is 11.1 Å². The van der Waals surface area contributed by atoms with Gasteiger partial charge in [0.05, 0.1) is 12.1 Å². The largest absolute Gasteiger partial charge is 0.345 e. The van der Waals surface area contributed by atoms with Crippen LogP contribution >= 0.6 is 0 Å². The van der Waals surface area contributed by atoms with Gasteiger partial charge in [0, 0.05) is 13.1 Å². The predicted octanol–water partition coefficient (Wildman–Crippen LogP) is -0.148. The third-order valence-corrected chi connectivity index (χ3v) is 2.69. The van der Waals surface area contributed by atoms with E-state index in [0.717, 1.165) is 25.9 Å². The van der Waals surface area contributed by atoms with E-state index in [4.69, 9.17) is 5.73 Å². The number of rotatable bonds is 3. The Kier molecular flexibility index (Phi) is 4.29. The maximum absolute atomic E-state index is 11.7. The molecular weight excluding hydrogens is 206 g/mol. The van der Waals surface area contributed by atoms with Crippen molar-refractivity contribution in [2.45, 2.75) is 38.6 Å². The lowest BCUT2D eigenvalue weighted by Gasteiger charge is -2.27. The molecule has 0 unspecified atom stereocenters. The molecule has 92 valence electrons. The number of carbonyl (C=O) groups excluding carboxylic acids is 2. The molecule has 0 bridgehead atoms. The van der Waals surface area contributed by atoms with Gasteiger partial charge in [-0.2, -0.15) is 0 Å².